The second-order valence-corrected chi connectivity index (χ2v) is 10.1. The van der Waals surface area contributed by atoms with E-state index in [9.17, 15) is 13.2 Å². The monoisotopic (exact) mass is 397 g/mol. The van der Waals surface area contributed by atoms with E-state index in [0.29, 0.717) is 29.8 Å². The Morgan fingerprint density at radius 2 is 1.96 bits per heavy atom. The second-order valence-electron chi connectivity index (χ2n) is 6.41. The van der Waals surface area contributed by atoms with Crippen molar-refractivity contribution in [2.45, 2.75) is 11.4 Å². The molecule has 0 unspecified atom stereocenters. The molecule has 25 heavy (non-hydrogen) atoms. The molecule has 134 valence electrons. The van der Waals surface area contributed by atoms with Crippen LogP contribution in [0.2, 0.25) is 0 Å². The summed E-state index contributed by atoms with van der Waals surface area (Å²) < 4.78 is 27.9. The number of carbonyl (C=O) groups is 1. The fraction of sp³-hybridized carbons (Fsp3) is 0.438. The zero-order valence-electron chi connectivity index (χ0n) is 13.5. The number of nitrogens with one attached hydrogen (secondary N) is 2. The lowest BCUT2D eigenvalue weighted by Gasteiger charge is -2.17. The summed E-state index contributed by atoms with van der Waals surface area (Å²) in [5.41, 5.74) is 0. The Bertz CT molecular complexity index is 848. The molecule has 0 aromatic carbocycles. The van der Waals surface area contributed by atoms with Gasteiger partial charge in [0.05, 0.1) is 0 Å². The molecule has 0 saturated carbocycles. The molecule has 0 aliphatic carbocycles. The lowest BCUT2D eigenvalue weighted by Crippen LogP contribution is -2.33. The van der Waals surface area contributed by atoms with Crippen LogP contribution in [0.3, 0.4) is 0 Å². The summed E-state index contributed by atoms with van der Waals surface area (Å²) >= 11 is 2.70. The maximum Gasteiger partial charge on any atom is 0.265 e. The van der Waals surface area contributed by atoms with Crippen molar-refractivity contribution in [1.82, 2.24) is 14.9 Å². The second kappa shape index (κ2) is 6.81. The number of fused-ring (bicyclic) bond motifs is 1. The first kappa shape index (κ1) is 17.2. The van der Waals surface area contributed by atoms with E-state index in [4.69, 9.17) is 0 Å². The Kier molecular flexibility index (Phi) is 4.67. The summed E-state index contributed by atoms with van der Waals surface area (Å²) in [7, 11) is -3.71. The number of hydrogen-bond donors (Lipinski definition) is 2. The predicted octanol–water partition coefficient (Wildman–Crippen LogP) is 1.58. The van der Waals surface area contributed by atoms with Crippen LogP contribution in [0.4, 0.5) is 0 Å². The molecule has 2 fully saturated rings. The van der Waals surface area contributed by atoms with Gasteiger partial charge in [0.2, 0.25) is 10.0 Å². The standard InChI is InChI=1S/C16H19N3O3S3/c20-16(19-9-11-6-17-7-12(11)10-19)15-14(3-5-24-15)25(21,22)18-8-13-2-1-4-23-13/h1-5,11-12,17-18H,6-10H2/t11-,12+. The van der Waals surface area contributed by atoms with Gasteiger partial charge in [0, 0.05) is 37.6 Å². The number of hydrogen-bond acceptors (Lipinski definition) is 6. The van der Waals surface area contributed by atoms with Gasteiger partial charge in [-0.1, -0.05) is 6.07 Å². The maximum absolute atomic E-state index is 12.9. The highest BCUT2D eigenvalue weighted by atomic mass is 32.2. The third-order valence-electron chi connectivity index (χ3n) is 4.81. The molecule has 6 nitrogen and oxygen atoms in total. The van der Waals surface area contributed by atoms with E-state index < -0.39 is 10.0 Å². The predicted molar refractivity (Wildman–Crippen MR) is 98.4 cm³/mol. The smallest absolute Gasteiger partial charge is 0.265 e. The topological polar surface area (TPSA) is 78.5 Å². The van der Waals surface area contributed by atoms with E-state index in [-0.39, 0.29) is 17.3 Å². The van der Waals surface area contributed by atoms with E-state index >= 15 is 0 Å². The van der Waals surface area contributed by atoms with Crippen molar-refractivity contribution in [2.24, 2.45) is 11.8 Å². The van der Waals surface area contributed by atoms with E-state index in [2.05, 4.69) is 10.0 Å². The van der Waals surface area contributed by atoms with Crippen molar-refractivity contribution < 1.29 is 13.2 Å². The van der Waals surface area contributed by atoms with E-state index in [1.807, 2.05) is 17.5 Å². The Hall–Kier alpha value is -1.26. The Morgan fingerprint density at radius 1 is 1.20 bits per heavy atom. The Labute approximate surface area is 154 Å². The average Bonchev–Trinajstić information content (AvgIpc) is 3.36. The molecule has 2 atom stereocenters. The summed E-state index contributed by atoms with van der Waals surface area (Å²) in [5.74, 6) is 0.808. The molecule has 4 rings (SSSR count). The lowest BCUT2D eigenvalue weighted by atomic mass is 10.0. The SMILES string of the molecule is O=C(c1sccc1S(=O)(=O)NCc1cccs1)N1C[C@H]2CNC[C@H]2C1. The van der Waals surface area contributed by atoms with E-state index in [0.717, 1.165) is 18.0 Å². The summed E-state index contributed by atoms with van der Waals surface area (Å²) in [5, 5.41) is 6.92. The van der Waals surface area contributed by atoms with Gasteiger partial charge in [0.15, 0.2) is 0 Å². The largest absolute Gasteiger partial charge is 0.337 e. The molecule has 2 aromatic rings. The molecular formula is C16H19N3O3S3. The first-order valence-electron chi connectivity index (χ1n) is 8.14. The van der Waals surface area contributed by atoms with E-state index in [1.54, 1.807) is 10.3 Å². The van der Waals surface area contributed by atoms with Crippen LogP contribution in [0.15, 0.2) is 33.9 Å². The number of thiophene rings is 2. The van der Waals surface area contributed by atoms with Crippen molar-refractivity contribution in [1.29, 1.82) is 0 Å². The van der Waals surface area contributed by atoms with Crippen LogP contribution < -0.4 is 10.0 Å². The summed E-state index contributed by atoms with van der Waals surface area (Å²) in [6, 6.07) is 5.28. The van der Waals surface area contributed by atoms with Gasteiger partial charge in [-0.05, 0) is 34.7 Å². The van der Waals surface area contributed by atoms with Crippen LogP contribution in [-0.2, 0) is 16.6 Å². The Morgan fingerprint density at radius 3 is 2.64 bits per heavy atom. The summed E-state index contributed by atoms with van der Waals surface area (Å²) in [6.07, 6.45) is 0. The molecule has 2 aliphatic rings. The van der Waals surface area contributed by atoms with Crippen LogP contribution in [0.1, 0.15) is 14.5 Å². The van der Waals surface area contributed by atoms with Crippen LogP contribution >= 0.6 is 22.7 Å². The van der Waals surface area contributed by atoms with E-state index in [1.165, 1.54) is 28.7 Å². The molecule has 1 amide bonds. The molecule has 0 radical (unpaired) electrons. The highest BCUT2D eigenvalue weighted by Gasteiger charge is 2.39. The van der Waals surface area contributed by atoms with Crippen LogP contribution in [-0.4, -0.2) is 45.4 Å². The number of amides is 1. The Balaban J connectivity index is 1.50. The van der Waals surface area contributed by atoms with Gasteiger partial charge >= 0.3 is 0 Å². The lowest BCUT2D eigenvalue weighted by molar-refractivity contribution is 0.0783. The molecule has 0 bridgehead atoms. The average molecular weight is 398 g/mol. The van der Waals surface area contributed by atoms with Gasteiger partial charge in [-0.15, -0.1) is 22.7 Å². The minimum Gasteiger partial charge on any atom is -0.337 e. The van der Waals surface area contributed by atoms with Gasteiger partial charge in [0.1, 0.15) is 9.77 Å². The molecule has 2 aliphatic heterocycles. The first-order valence-corrected chi connectivity index (χ1v) is 11.4. The van der Waals surface area contributed by atoms with Crippen molar-refractivity contribution >= 4 is 38.6 Å². The molecule has 2 aromatic heterocycles. The number of likely N-dealkylation sites (tertiary alicyclic amines) is 1. The molecule has 2 N–H and O–H groups in total. The fourth-order valence-electron chi connectivity index (χ4n) is 3.49. The van der Waals surface area contributed by atoms with Gasteiger partial charge in [-0.3, -0.25) is 4.79 Å². The number of sulfonamides is 1. The van der Waals surface area contributed by atoms with Crippen molar-refractivity contribution in [3.05, 3.63) is 38.7 Å². The quantitative estimate of drug-likeness (QED) is 0.803. The molecular weight excluding hydrogens is 378 g/mol. The molecule has 4 heterocycles. The molecule has 0 spiro atoms. The van der Waals surface area contributed by atoms with Crippen molar-refractivity contribution in [2.75, 3.05) is 26.2 Å². The minimum atomic E-state index is -3.71. The zero-order valence-corrected chi connectivity index (χ0v) is 15.9. The first-order chi connectivity index (χ1) is 12.0. The van der Waals surface area contributed by atoms with Crippen LogP contribution in [0.25, 0.3) is 0 Å². The normalized spacial score (nSPS) is 23.1. The third-order valence-corrected chi connectivity index (χ3v) is 8.16. The maximum atomic E-state index is 12.9. The van der Waals surface area contributed by atoms with Crippen LogP contribution in [0.5, 0.6) is 0 Å². The molecule has 9 heteroatoms. The molecule has 2 saturated heterocycles. The van der Waals surface area contributed by atoms with Gasteiger partial charge < -0.3 is 10.2 Å². The summed E-state index contributed by atoms with van der Waals surface area (Å²) in [6.45, 7) is 3.52. The third kappa shape index (κ3) is 3.39. The van der Waals surface area contributed by atoms with Gasteiger partial charge in [0.25, 0.3) is 5.91 Å². The highest BCUT2D eigenvalue weighted by Crippen LogP contribution is 2.30. The number of nitrogens with zero attached hydrogens (tertiary/aromatic N) is 1. The fourth-order valence-corrected chi connectivity index (χ4v) is 6.62. The number of carbonyl (C=O) groups excluding carboxylic acids is 1. The van der Waals surface area contributed by atoms with Gasteiger partial charge in [-0.25, -0.2) is 13.1 Å². The van der Waals surface area contributed by atoms with Gasteiger partial charge in [-0.2, -0.15) is 0 Å². The minimum absolute atomic E-state index is 0.0919. The van der Waals surface area contributed by atoms with Crippen LogP contribution in [0, 0.1) is 11.8 Å². The zero-order chi connectivity index (χ0) is 17.4. The van der Waals surface area contributed by atoms with Crippen molar-refractivity contribution in [3.63, 3.8) is 0 Å². The number of rotatable bonds is 5. The van der Waals surface area contributed by atoms with Crippen molar-refractivity contribution in [3.8, 4) is 0 Å². The summed E-state index contributed by atoms with van der Waals surface area (Å²) in [4.78, 5) is 16.0. The highest BCUT2D eigenvalue weighted by molar-refractivity contribution is 7.89.